The Labute approximate surface area is 125 Å². The predicted molar refractivity (Wildman–Crippen MR) is 83.4 cm³/mol. The summed E-state index contributed by atoms with van der Waals surface area (Å²) < 4.78 is 0. The number of anilines is 2. The lowest BCUT2D eigenvalue weighted by atomic mass is 10.1. The van der Waals surface area contributed by atoms with Crippen LogP contribution in [-0.4, -0.2) is 47.7 Å². The highest BCUT2D eigenvalue weighted by Gasteiger charge is 2.32. The van der Waals surface area contributed by atoms with E-state index in [4.69, 9.17) is 0 Å². The monoisotopic (exact) mass is 289 g/mol. The zero-order valence-electron chi connectivity index (χ0n) is 12.2. The van der Waals surface area contributed by atoms with Crippen molar-refractivity contribution in [3.63, 3.8) is 0 Å². The Kier molecular flexibility index (Phi) is 4.29. The molecule has 2 aliphatic rings. The van der Waals surface area contributed by atoms with Gasteiger partial charge in [-0.1, -0.05) is 25.0 Å². The van der Waals surface area contributed by atoms with Crippen LogP contribution in [0.3, 0.4) is 0 Å². The molecule has 5 heteroatoms. The fourth-order valence-corrected chi connectivity index (χ4v) is 3.22. The molecular formula is C16H23N3O2. The molecule has 0 saturated carbocycles. The minimum Gasteiger partial charge on any atom is -0.394 e. The molecule has 0 bridgehead atoms. The summed E-state index contributed by atoms with van der Waals surface area (Å²) >= 11 is 0. The molecule has 2 heterocycles. The average Bonchev–Trinajstić information content (AvgIpc) is 2.79. The summed E-state index contributed by atoms with van der Waals surface area (Å²) in [6, 6.07) is 7.64. The van der Waals surface area contributed by atoms with Gasteiger partial charge >= 0.3 is 0 Å². The number of hydrogen-bond acceptors (Lipinski definition) is 4. The van der Waals surface area contributed by atoms with E-state index < -0.39 is 0 Å². The van der Waals surface area contributed by atoms with Crippen molar-refractivity contribution in [2.75, 3.05) is 30.3 Å². The molecule has 1 amide bonds. The predicted octanol–water partition coefficient (Wildman–Crippen LogP) is 1.66. The van der Waals surface area contributed by atoms with E-state index in [1.165, 1.54) is 0 Å². The van der Waals surface area contributed by atoms with Gasteiger partial charge in [0.25, 0.3) is 0 Å². The second-order valence-corrected chi connectivity index (χ2v) is 5.84. The van der Waals surface area contributed by atoms with Crippen LogP contribution < -0.4 is 10.6 Å². The molecule has 5 nitrogen and oxygen atoms in total. The van der Waals surface area contributed by atoms with Crippen LogP contribution >= 0.6 is 0 Å². The van der Waals surface area contributed by atoms with Crippen LogP contribution in [0.15, 0.2) is 24.3 Å². The maximum Gasteiger partial charge on any atom is 0.247 e. The maximum atomic E-state index is 12.8. The number of carbonyl (C=O) groups is 1. The van der Waals surface area contributed by atoms with Gasteiger partial charge in [-0.2, -0.15) is 0 Å². The number of amides is 1. The molecule has 0 spiro atoms. The largest absolute Gasteiger partial charge is 0.394 e. The molecule has 2 atom stereocenters. The minimum absolute atomic E-state index is 0.0287. The van der Waals surface area contributed by atoms with Gasteiger partial charge in [-0.25, -0.2) is 0 Å². The quantitative estimate of drug-likeness (QED) is 0.775. The number of rotatable bonds is 2. The first-order valence-corrected chi connectivity index (χ1v) is 7.80. The molecule has 3 rings (SSSR count). The summed E-state index contributed by atoms with van der Waals surface area (Å²) in [5.74, 6) is 0.0953. The lowest BCUT2D eigenvalue weighted by molar-refractivity contribution is -0.135. The highest BCUT2D eigenvalue weighted by atomic mass is 16.3. The van der Waals surface area contributed by atoms with E-state index in [2.05, 4.69) is 10.6 Å². The number of carbonyl (C=O) groups excluding carboxylic acids is 1. The Hall–Kier alpha value is -1.75. The fourth-order valence-electron chi connectivity index (χ4n) is 3.22. The standard InChI is InChI=1S/C16H23N3O2/c20-11-12-6-2-1-5-9-19(12)16(21)15-10-17-13-7-3-4-8-14(13)18-15/h3-4,7-8,12,15,17-18,20H,1-2,5-6,9-11H2. The first-order chi connectivity index (χ1) is 10.3. The van der Waals surface area contributed by atoms with E-state index in [9.17, 15) is 9.90 Å². The molecule has 0 aliphatic carbocycles. The lowest BCUT2D eigenvalue weighted by Crippen LogP contribution is -2.52. The summed E-state index contributed by atoms with van der Waals surface area (Å²) in [7, 11) is 0. The summed E-state index contributed by atoms with van der Waals surface area (Å²) in [4.78, 5) is 14.7. The van der Waals surface area contributed by atoms with Crippen molar-refractivity contribution in [1.29, 1.82) is 0 Å². The van der Waals surface area contributed by atoms with Crippen LogP contribution in [0.25, 0.3) is 0 Å². The van der Waals surface area contributed by atoms with Gasteiger partial charge in [-0.3, -0.25) is 4.79 Å². The Balaban J connectivity index is 1.73. The zero-order chi connectivity index (χ0) is 14.7. The average molecular weight is 289 g/mol. The Bertz CT molecular complexity index is 506. The molecule has 114 valence electrons. The minimum atomic E-state index is -0.257. The topological polar surface area (TPSA) is 64.6 Å². The highest BCUT2D eigenvalue weighted by Crippen LogP contribution is 2.26. The molecular weight excluding hydrogens is 266 g/mol. The molecule has 21 heavy (non-hydrogen) atoms. The second-order valence-electron chi connectivity index (χ2n) is 5.84. The zero-order valence-corrected chi connectivity index (χ0v) is 12.2. The van der Waals surface area contributed by atoms with Gasteiger partial charge in [0.05, 0.1) is 24.0 Å². The molecule has 0 radical (unpaired) electrons. The Morgan fingerprint density at radius 1 is 1.24 bits per heavy atom. The normalized spacial score (nSPS) is 25.3. The lowest BCUT2D eigenvalue weighted by Gasteiger charge is -2.35. The van der Waals surface area contributed by atoms with Crippen molar-refractivity contribution in [3.8, 4) is 0 Å². The Morgan fingerprint density at radius 2 is 2.05 bits per heavy atom. The summed E-state index contributed by atoms with van der Waals surface area (Å²) in [6.45, 7) is 1.40. The van der Waals surface area contributed by atoms with Crippen molar-refractivity contribution < 1.29 is 9.90 Å². The maximum absolute atomic E-state index is 12.8. The van der Waals surface area contributed by atoms with Gasteiger partial charge < -0.3 is 20.6 Å². The van der Waals surface area contributed by atoms with E-state index in [0.29, 0.717) is 6.54 Å². The van der Waals surface area contributed by atoms with Crippen LogP contribution in [0.1, 0.15) is 25.7 Å². The van der Waals surface area contributed by atoms with Crippen molar-refractivity contribution in [3.05, 3.63) is 24.3 Å². The van der Waals surface area contributed by atoms with Crippen molar-refractivity contribution in [1.82, 2.24) is 4.90 Å². The first-order valence-electron chi connectivity index (χ1n) is 7.80. The number of para-hydroxylation sites is 2. The number of nitrogens with one attached hydrogen (secondary N) is 2. The van der Waals surface area contributed by atoms with Crippen molar-refractivity contribution in [2.45, 2.75) is 37.8 Å². The van der Waals surface area contributed by atoms with E-state index in [1.807, 2.05) is 29.2 Å². The molecule has 1 fully saturated rings. The molecule has 3 N–H and O–H groups in total. The second kappa shape index (κ2) is 6.35. The van der Waals surface area contributed by atoms with Gasteiger partial charge in [0.1, 0.15) is 6.04 Å². The number of aliphatic hydroxyl groups is 1. The highest BCUT2D eigenvalue weighted by molar-refractivity contribution is 5.89. The van der Waals surface area contributed by atoms with E-state index in [-0.39, 0.29) is 24.6 Å². The smallest absolute Gasteiger partial charge is 0.247 e. The number of fused-ring (bicyclic) bond motifs is 1. The van der Waals surface area contributed by atoms with Crippen LogP contribution in [-0.2, 0) is 4.79 Å². The van der Waals surface area contributed by atoms with Gasteiger partial charge in [-0.05, 0) is 25.0 Å². The molecule has 2 aliphatic heterocycles. The van der Waals surface area contributed by atoms with Crippen LogP contribution in [0.5, 0.6) is 0 Å². The van der Waals surface area contributed by atoms with Crippen LogP contribution in [0, 0.1) is 0 Å². The molecule has 1 aromatic rings. The van der Waals surface area contributed by atoms with E-state index in [0.717, 1.165) is 43.6 Å². The summed E-state index contributed by atoms with van der Waals surface area (Å²) in [5.41, 5.74) is 2.01. The number of aliphatic hydroxyl groups excluding tert-OH is 1. The van der Waals surface area contributed by atoms with Gasteiger partial charge in [0, 0.05) is 13.1 Å². The third kappa shape index (κ3) is 2.97. The van der Waals surface area contributed by atoms with Crippen molar-refractivity contribution in [2.24, 2.45) is 0 Å². The Morgan fingerprint density at radius 3 is 2.86 bits per heavy atom. The molecule has 2 unspecified atom stereocenters. The number of likely N-dealkylation sites (tertiary alicyclic amines) is 1. The third-order valence-corrected chi connectivity index (χ3v) is 4.42. The molecule has 1 aromatic carbocycles. The fraction of sp³-hybridized carbons (Fsp3) is 0.562. The molecule has 0 aromatic heterocycles. The third-order valence-electron chi connectivity index (χ3n) is 4.42. The number of nitrogens with zero attached hydrogens (tertiary/aromatic N) is 1. The summed E-state index contributed by atoms with van der Waals surface area (Å²) in [5, 5.41) is 16.2. The van der Waals surface area contributed by atoms with Crippen LogP contribution in [0.4, 0.5) is 11.4 Å². The van der Waals surface area contributed by atoms with Gasteiger partial charge in [0.15, 0.2) is 0 Å². The first kappa shape index (κ1) is 14.2. The van der Waals surface area contributed by atoms with Gasteiger partial charge in [0.2, 0.25) is 5.91 Å². The van der Waals surface area contributed by atoms with Gasteiger partial charge in [-0.15, -0.1) is 0 Å². The molecule has 1 saturated heterocycles. The SMILES string of the molecule is O=C(C1CNc2ccccc2N1)N1CCCCCC1CO. The van der Waals surface area contributed by atoms with Crippen molar-refractivity contribution >= 4 is 17.3 Å². The summed E-state index contributed by atoms with van der Waals surface area (Å²) in [6.07, 6.45) is 4.16. The number of hydrogen-bond donors (Lipinski definition) is 3. The number of benzene rings is 1. The van der Waals surface area contributed by atoms with Crippen LogP contribution in [0.2, 0.25) is 0 Å². The van der Waals surface area contributed by atoms with E-state index >= 15 is 0 Å². The van der Waals surface area contributed by atoms with E-state index in [1.54, 1.807) is 0 Å².